The number of nitrogens with zero attached hydrogens (tertiary/aromatic N) is 2. The molecule has 0 aliphatic rings. The minimum Gasteiger partial charge on any atom is -0.481 e. The lowest BCUT2D eigenvalue weighted by atomic mass is 10.2. The van der Waals surface area contributed by atoms with E-state index < -0.39 is 10.9 Å². The molecule has 0 saturated carbocycles. The van der Waals surface area contributed by atoms with Crippen LogP contribution < -0.4 is 0 Å². The van der Waals surface area contributed by atoms with Crippen LogP contribution in [-0.4, -0.2) is 21.0 Å². The molecule has 0 aliphatic carbocycles. The van der Waals surface area contributed by atoms with Crippen LogP contribution in [-0.2, 0) is 11.2 Å². The van der Waals surface area contributed by atoms with E-state index in [2.05, 4.69) is 4.98 Å². The third kappa shape index (κ3) is 2.81. The average Bonchev–Trinajstić information content (AvgIpc) is 2.15. The molecule has 0 radical (unpaired) electrons. The Kier molecular flexibility index (Phi) is 3.11. The predicted molar refractivity (Wildman–Crippen MR) is 46.8 cm³/mol. The van der Waals surface area contributed by atoms with E-state index in [0.29, 0.717) is 5.69 Å². The van der Waals surface area contributed by atoms with Gasteiger partial charge in [0.2, 0.25) is 0 Å². The maximum atomic E-state index is 10.2. The highest BCUT2D eigenvalue weighted by molar-refractivity contribution is 5.66. The first-order valence-electron chi connectivity index (χ1n) is 3.90. The summed E-state index contributed by atoms with van der Waals surface area (Å²) in [6.45, 7) is 0. The second kappa shape index (κ2) is 4.31. The molecule has 1 N–H and O–H groups in total. The number of pyridine rings is 1. The van der Waals surface area contributed by atoms with E-state index in [1.807, 2.05) is 0 Å². The maximum Gasteiger partial charge on any atom is 0.303 e. The van der Waals surface area contributed by atoms with Gasteiger partial charge in [-0.3, -0.25) is 19.9 Å². The van der Waals surface area contributed by atoms with Crippen LogP contribution in [0.4, 0.5) is 5.69 Å². The zero-order valence-electron chi connectivity index (χ0n) is 7.21. The van der Waals surface area contributed by atoms with Gasteiger partial charge in [0.05, 0.1) is 11.3 Å². The minimum atomic E-state index is -0.912. The summed E-state index contributed by atoms with van der Waals surface area (Å²) in [6.07, 6.45) is 1.38. The van der Waals surface area contributed by atoms with Gasteiger partial charge >= 0.3 is 5.97 Å². The van der Waals surface area contributed by atoms with Crippen molar-refractivity contribution in [3.05, 3.63) is 34.1 Å². The van der Waals surface area contributed by atoms with Gasteiger partial charge in [-0.1, -0.05) is 0 Å². The third-order valence-corrected chi connectivity index (χ3v) is 1.61. The summed E-state index contributed by atoms with van der Waals surface area (Å²) in [5.74, 6) is -0.912. The van der Waals surface area contributed by atoms with E-state index >= 15 is 0 Å². The molecule has 1 rings (SSSR count). The summed E-state index contributed by atoms with van der Waals surface area (Å²) < 4.78 is 0. The molecule has 0 unspecified atom stereocenters. The first kappa shape index (κ1) is 10.1. The molecule has 74 valence electrons. The van der Waals surface area contributed by atoms with Crippen LogP contribution in [0.1, 0.15) is 12.1 Å². The van der Waals surface area contributed by atoms with Crippen molar-refractivity contribution in [2.75, 3.05) is 0 Å². The lowest BCUT2D eigenvalue weighted by Crippen LogP contribution is -1.99. The Hall–Kier alpha value is -1.98. The number of hydrogen-bond acceptors (Lipinski definition) is 4. The van der Waals surface area contributed by atoms with E-state index in [9.17, 15) is 14.9 Å². The van der Waals surface area contributed by atoms with E-state index in [1.165, 1.54) is 12.1 Å². The zero-order chi connectivity index (χ0) is 10.6. The molecule has 6 heteroatoms. The number of carboxylic acid groups (broad SMARTS) is 1. The summed E-state index contributed by atoms with van der Waals surface area (Å²) in [6, 6.07) is 2.77. The number of aliphatic carboxylic acids is 1. The van der Waals surface area contributed by atoms with Crippen LogP contribution in [0.5, 0.6) is 0 Å². The first-order chi connectivity index (χ1) is 6.59. The summed E-state index contributed by atoms with van der Waals surface area (Å²) in [4.78, 5) is 23.7. The first-order valence-corrected chi connectivity index (χ1v) is 3.90. The molecular formula is C8H8N2O4. The van der Waals surface area contributed by atoms with Gasteiger partial charge in [0.1, 0.15) is 6.20 Å². The molecule has 14 heavy (non-hydrogen) atoms. The van der Waals surface area contributed by atoms with Crippen LogP contribution in [0.2, 0.25) is 0 Å². The van der Waals surface area contributed by atoms with E-state index in [-0.39, 0.29) is 18.5 Å². The SMILES string of the molecule is O=C(O)CCc1ccc([N+](=O)[O-])cn1. The van der Waals surface area contributed by atoms with Crippen molar-refractivity contribution < 1.29 is 14.8 Å². The highest BCUT2D eigenvalue weighted by Crippen LogP contribution is 2.09. The van der Waals surface area contributed by atoms with Crippen molar-refractivity contribution in [2.24, 2.45) is 0 Å². The van der Waals surface area contributed by atoms with Crippen LogP contribution in [0, 0.1) is 10.1 Å². The van der Waals surface area contributed by atoms with E-state index in [4.69, 9.17) is 5.11 Å². The Balaban J connectivity index is 2.64. The number of carboxylic acids is 1. The lowest BCUT2D eigenvalue weighted by Gasteiger charge is -1.96. The molecule has 0 saturated heterocycles. The zero-order valence-corrected chi connectivity index (χ0v) is 7.21. The van der Waals surface area contributed by atoms with Crippen LogP contribution >= 0.6 is 0 Å². The van der Waals surface area contributed by atoms with Gasteiger partial charge in [-0.05, 0) is 6.07 Å². The van der Waals surface area contributed by atoms with Gasteiger partial charge in [-0.2, -0.15) is 0 Å². The van der Waals surface area contributed by atoms with E-state index in [0.717, 1.165) is 6.20 Å². The Morgan fingerprint density at radius 1 is 1.57 bits per heavy atom. The normalized spacial score (nSPS) is 9.71. The fraction of sp³-hybridized carbons (Fsp3) is 0.250. The smallest absolute Gasteiger partial charge is 0.303 e. The van der Waals surface area contributed by atoms with Crippen molar-refractivity contribution in [3.63, 3.8) is 0 Å². The van der Waals surface area contributed by atoms with Crippen molar-refractivity contribution in [1.82, 2.24) is 4.98 Å². The fourth-order valence-electron chi connectivity index (χ4n) is 0.908. The molecule has 0 bridgehead atoms. The Bertz CT molecular complexity index is 347. The molecule has 0 atom stereocenters. The largest absolute Gasteiger partial charge is 0.481 e. The van der Waals surface area contributed by atoms with Gasteiger partial charge in [0.25, 0.3) is 5.69 Å². The summed E-state index contributed by atoms with van der Waals surface area (Å²) in [7, 11) is 0. The molecular weight excluding hydrogens is 188 g/mol. The molecule has 1 aromatic rings. The van der Waals surface area contributed by atoms with Crippen molar-refractivity contribution in [1.29, 1.82) is 0 Å². The highest BCUT2D eigenvalue weighted by atomic mass is 16.6. The predicted octanol–water partition coefficient (Wildman–Crippen LogP) is 1.01. The Morgan fingerprint density at radius 3 is 2.71 bits per heavy atom. The molecule has 1 aromatic heterocycles. The van der Waals surface area contributed by atoms with Gasteiger partial charge in [0, 0.05) is 18.2 Å². The number of hydrogen-bond donors (Lipinski definition) is 1. The van der Waals surface area contributed by atoms with Gasteiger partial charge in [-0.15, -0.1) is 0 Å². The molecule has 0 amide bonds. The fourth-order valence-corrected chi connectivity index (χ4v) is 0.908. The monoisotopic (exact) mass is 196 g/mol. The summed E-state index contributed by atoms with van der Waals surface area (Å²) in [5, 5.41) is 18.6. The van der Waals surface area contributed by atoms with Crippen LogP contribution in [0.15, 0.2) is 18.3 Å². The summed E-state index contributed by atoms with van der Waals surface area (Å²) >= 11 is 0. The number of aryl methyl sites for hydroxylation is 1. The molecule has 0 aromatic carbocycles. The second-order valence-electron chi connectivity index (χ2n) is 2.66. The van der Waals surface area contributed by atoms with Crippen LogP contribution in [0.25, 0.3) is 0 Å². The summed E-state index contributed by atoms with van der Waals surface area (Å²) in [5.41, 5.74) is 0.446. The molecule has 0 spiro atoms. The van der Waals surface area contributed by atoms with Crippen LogP contribution in [0.3, 0.4) is 0 Å². The molecule has 0 fully saturated rings. The lowest BCUT2D eigenvalue weighted by molar-refractivity contribution is -0.385. The topological polar surface area (TPSA) is 93.3 Å². The number of nitro groups is 1. The van der Waals surface area contributed by atoms with Gasteiger partial charge < -0.3 is 5.11 Å². The van der Waals surface area contributed by atoms with Crippen molar-refractivity contribution in [3.8, 4) is 0 Å². The quantitative estimate of drug-likeness (QED) is 0.572. The van der Waals surface area contributed by atoms with Gasteiger partial charge in [0.15, 0.2) is 0 Å². The van der Waals surface area contributed by atoms with Gasteiger partial charge in [-0.25, -0.2) is 0 Å². The Morgan fingerprint density at radius 2 is 2.29 bits per heavy atom. The number of rotatable bonds is 4. The molecule has 6 nitrogen and oxygen atoms in total. The second-order valence-corrected chi connectivity index (χ2v) is 2.66. The molecule has 1 heterocycles. The average molecular weight is 196 g/mol. The third-order valence-electron chi connectivity index (χ3n) is 1.61. The van der Waals surface area contributed by atoms with Crippen molar-refractivity contribution in [2.45, 2.75) is 12.8 Å². The standard InChI is InChI=1S/C8H8N2O4/c11-8(12)4-2-6-1-3-7(5-9-6)10(13)14/h1,3,5H,2,4H2,(H,11,12). The number of aromatic nitrogens is 1. The number of carbonyl (C=O) groups is 1. The van der Waals surface area contributed by atoms with E-state index in [1.54, 1.807) is 0 Å². The highest BCUT2D eigenvalue weighted by Gasteiger charge is 2.05. The molecule has 0 aliphatic heterocycles. The van der Waals surface area contributed by atoms with Crippen molar-refractivity contribution >= 4 is 11.7 Å². The maximum absolute atomic E-state index is 10.2. The Labute approximate surface area is 79.4 Å². The minimum absolute atomic E-state index is 0.0230.